The highest BCUT2D eigenvalue weighted by Crippen LogP contribution is 2.40. The fourth-order valence-electron chi connectivity index (χ4n) is 6.25. The average Bonchev–Trinajstić information content (AvgIpc) is 3.64. The summed E-state index contributed by atoms with van der Waals surface area (Å²) >= 11 is 1.59. The maximum Gasteiger partial charge on any atom is 0.433 e. The Kier molecular flexibility index (Phi) is 7.94. The third-order valence-electron chi connectivity index (χ3n) is 8.55. The zero-order valence-corrected chi connectivity index (χ0v) is 25.4. The molecule has 3 aromatic heterocycles. The number of imidazole rings is 1. The molecule has 234 valence electrons. The first-order valence-electron chi connectivity index (χ1n) is 15.1. The Balaban J connectivity index is 1.18. The van der Waals surface area contributed by atoms with Crippen molar-refractivity contribution >= 4 is 38.6 Å². The van der Waals surface area contributed by atoms with Crippen LogP contribution in [0, 0.1) is 5.92 Å². The lowest BCUT2D eigenvalue weighted by Crippen LogP contribution is -2.27. The van der Waals surface area contributed by atoms with Crippen LogP contribution in [0.2, 0.25) is 0 Å². The molecule has 0 unspecified atom stereocenters. The van der Waals surface area contributed by atoms with Crippen LogP contribution in [0.25, 0.3) is 32.4 Å². The van der Waals surface area contributed by atoms with Gasteiger partial charge in [0.05, 0.1) is 27.2 Å². The van der Waals surface area contributed by atoms with Gasteiger partial charge in [0.1, 0.15) is 28.9 Å². The minimum absolute atomic E-state index is 0.233. The number of pyridine rings is 1. The number of rotatable bonds is 8. The summed E-state index contributed by atoms with van der Waals surface area (Å²) in [6.07, 6.45) is -0.113. The van der Waals surface area contributed by atoms with Gasteiger partial charge in [0.25, 0.3) is 0 Å². The summed E-state index contributed by atoms with van der Waals surface area (Å²) in [5.41, 5.74) is 3.87. The van der Waals surface area contributed by atoms with E-state index in [1.165, 1.54) is 12.3 Å². The third-order valence-corrected chi connectivity index (χ3v) is 9.56. The number of thiazole rings is 1. The second-order valence-electron chi connectivity index (χ2n) is 11.5. The van der Waals surface area contributed by atoms with Gasteiger partial charge in [0, 0.05) is 30.3 Å². The largest absolute Gasteiger partial charge is 0.486 e. The first kappa shape index (κ1) is 29.9. The number of halogens is 3. The topological polar surface area (TPSA) is 90.1 Å². The van der Waals surface area contributed by atoms with E-state index >= 15 is 0 Å². The number of carboxylic acid groups (broad SMARTS) is 1. The molecule has 7 rings (SSSR count). The molecule has 1 N–H and O–H groups in total. The monoisotopic (exact) mass is 642 g/mol. The van der Waals surface area contributed by atoms with Crippen molar-refractivity contribution in [3.8, 4) is 16.9 Å². The van der Waals surface area contributed by atoms with Crippen LogP contribution in [0.15, 0.2) is 85.1 Å². The molecule has 3 aromatic carbocycles. The van der Waals surface area contributed by atoms with E-state index in [4.69, 9.17) is 9.72 Å². The van der Waals surface area contributed by atoms with Crippen molar-refractivity contribution in [2.45, 2.75) is 50.9 Å². The lowest BCUT2D eigenvalue weighted by molar-refractivity contribution is -0.143. The molecule has 1 saturated carbocycles. The Labute approximate surface area is 266 Å². The van der Waals surface area contributed by atoms with Crippen molar-refractivity contribution in [3.63, 3.8) is 0 Å². The third kappa shape index (κ3) is 6.06. The van der Waals surface area contributed by atoms with E-state index in [1.807, 2.05) is 66.7 Å². The van der Waals surface area contributed by atoms with E-state index in [-0.39, 0.29) is 5.92 Å². The van der Waals surface area contributed by atoms with Gasteiger partial charge in [0.2, 0.25) is 0 Å². The molecule has 0 spiro atoms. The van der Waals surface area contributed by atoms with Gasteiger partial charge in [-0.15, -0.1) is 11.3 Å². The minimum atomic E-state index is -4.49. The van der Waals surface area contributed by atoms with Crippen molar-refractivity contribution in [1.82, 2.24) is 19.5 Å². The highest BCUT2D eigenvalue weighted by atomic mass is 32.1. The Morgan fingerprint density at radius 1 is 0.935 bits per heavy atom. The van der Waals surface area contributed by atoms with Crippen LogP contribution < -0.4 is 4.74 Å². The first-order chi connectivity index (χ1) is 22.2. The van der Waals surface area contributed by atoms with Crippen LogP contribution in [-0.2, 0) is 24.1 Å². The number of para-hydroxylation sites is 1. The van der Waals surface area contributed by atoms with Crippen molar-refractivity contribution in [3.05, 3.63) is 107 Å². The van der Waals surface area contributed by atoms with Crippen LogP contribution >= 0.6 is 11.3 Å². The number of aromatic nitrogens is 4. The lowest BCUT2D eigenvalue weighted by atomic mass is 9.78. The maximum absolute atomic E-state index is 13.0. The second kappa shape index (κ2) is 12.2. The number of nitrogens with zero attached hydrogens (tertiary/aromatic N) is 4. The Morgan fingerprint density at radius 2 is 1.72 bits per heavy atom. The van der Waals surface area contributed by atoms with E-state index in [0.717, 1.165) is 68.5 Å². The molecule has 0 bridgehead atoms. The molecule has 0 saturated heterocycles. The lowest BCUT2D eigenvalue weighted by Gasteiger charge is -2.28. The van der Waals surface area contributed by atoms with E-state index in [9.17, 15) is 23.1 Å². The summed E-state index contributed by atoms with van der Waals surface area (Å²) in [6.45, 7) is 0.773. The fourth-order valence-corrected chi connectivity index (χ4v) is 7.13. The molecule has 7 nitrogen and oxygen atoms in total. The molecular formula is C35H29F3N4O3S. The van der Waals surface area contributed by atoms with Crippen LogP contribution in [0.3, 0.4) is 0 Å². The van der Waals surface area contributed by atoms with Crippen LogP contribution in [0.5, 0.6) is 5.75 Å². The summed E-state index contributed by atoms with van der Waals surface area (Å²) in [7, 11) is 0. The summed E-state index contributed by atoms with van der Waals surface area (Å²) in [6, 6.07) is 23.7. The number of ether oxygens (including phenoxy) is 1. The number of aliphatic carboxylic acids is 1. The van der Waals surface area contributed by atoms with Gasteiger partial charge in [-0.25, -0.2) is 9.97 Å². The standard InChI is InChI=1S/C35H29F3N4O3S/c36-35(37,38)31-16-13-23(18-39-31)22-11-9-21(10-12-22)19-42-29-15-14-24(45-20-32-40-27-7-3-4-8-30(27)46-32)17-28(29)41-33(42)25-5-1-2-6-26(25)34(43)44/h3-4,7-18,25-26H,1-2,5-6,19-20H2,(H,43,44)/t25-,26+/m0/s1. The number of hydrogen-bond acceptors (Lipinski definition) is 6. The molecule has 0 amide bonds. The molecule has 0 radical (unpaired) electrons. The Hall–Kier alpha value is -4.77. The van der Waals surface area contributed by atoms with E-state index in [1.54, 1.807) is 11.3 Å². The van der Waals surface area contributed by atoms with Gasteiger partial charge in [-0.1, -0.05) is 55.3 Å². The summed E-state index contributed by atoms with van der Waals surface area (Å²) < 4.78 is 48.2. The molecule has 3 heterocycles. The molecule has 0 aliphatic heterocycles. The summed E-state index contributed by atoms with van der Waals surface area (Å²) in [4.78, 5) is 25.5. The average molecular weight is 643 g/mol. The molecule has 1 fully saturated rings. The summed E-state index contributed by atoms with van der Waals surface area (Å²) in [5.74, 6) is -0.174. The predicted octanol–water partition coefficient (Wildman–Crippen LogP) is 8.71. The summed E-state index contributed by atoms with van der Waals surface area (Å²) in [5, 5.41) is 10.9. The minimum Gasteiger partial charge on any atom is -0.486 e. The van der Waals surface area contributed by atoms with Gasteiger partial charge in [-0.2, -0.15) is 13.2 Å². The van der Waals surface area contributed by atoms with Crippen LogP contribution in [-0.4, -0.2) is 30.6 Å². The zero-order valence-electron chi connectivity index (χ0n) is 24.6. The highest BCUT2D eigenvalue weighted by Gasteiger charge is 2.35. The van der Waals surface area contributed by atoms with Crippen molar-refractivity contribution < 1.29 is 27.8 Å². The molecule has 46 heavy (non-hydrogen) atoms. The number of benzene rings is 3. The predicted molar refractivity (Wildman–Crippen MR) is 170 cm³/mol. The van der Waals surface area contributed by atoms with Gasteiger partial charge >= 0.3 is 12.1 Å². The number of carboxylic acids is 1. The normalized spacial score (nSPS) is 17.0. The fraction of sp³-hybridized carbons (Fsp3) is 0.257. The second-order valence-corrected chi connectivity index (χ2v) is 12.6. The maximum atomic E-state index is 13.0. The zero-order chi connectivity index (χ0) is 31.8. The van der Waals surface area contributed by atoms with Crippen LogP contribution in [0.1, 0.15) is 53.7 Å². The van der Waals surface area contributed by atoms with Crippen molar-refractivity contribution in [2.24, 2.45) is 5.92 Å². The van der Waals surface area contributed by atoms with Gasteiger partial charge < -0.3 is 14.4 Å². The van der Waals surface area contributed by atoms with E-state index in [0.29, 0.717) is 30.9 Å². The van der Waals surface area contributed by atoms with Gasteiger partial charge in [0.15, 0.2) is 0 Å². The number of hydrogen-bond donors (Lipinski definition) is 1. The van der Waals surface area contributed by atoms with E-state index < -0.39 is 23.8 Å². The Morgan fingerprint density at radius 3 is 2.46 bits per heavy atom. The Bertz CT molecular complexity index is 1990. The smallest absolute Gasteiger partial charge is 0.433 e. The molecule has 1 aliphatic rings. The quantitative estimate of drug-likeness (QED) is 0.179. The molecule has 1 aliphatic carbocycles. The van der Waals surface area contributed by atoms with Crippen molar-refractivity contribution in [2.75, 3.05) is 0 Å². The molecule has 6 aromatic rings. The SMILES string of the molecule is O=C(O)[C@@H]1CCCC[C@@H]1c1nc2cc(OCc3nc4ccccc4s3)ccc2n1Cc1ccc(-c2ccc(C(F)(F)F)nc2)cc1. The van der Waals surface area contributed by atoms with E-state index in [2.05, 4.69) is 14.5 Å². The van der Waals surface area contributed by atoms with Crippen LogP contribution in [0.4, 0.5) is 13.2 Å². The number of carbonyl (C=O) groups is 1. The molecular weight excluding hydrogens is 613 g/mol. The number of alkyl halides is 3. The van der Waals surface area contributed by atoms with Gasteiger partial charge in [-0.05, 0) is 54.3 Å². The highest BCUT2D eigenvalue weighted by molar-refractivity contribution is 7.18. The van der Waals surface area contributed by atoms with Gasteiger partial charge in [-0.3, -0.25) is 9.78 Å². The molecule has 11 heteroatoms. The first-order valence-corrected chi connectivity index (χ1v) is 15.9. The molecule has 2 atom stereocenters. The number of fused-ring (bicyclic) bond motifs is 2. The van der Waals surface area contributed by atoms with Crippen molar-refractivity contribution in [1.29, 1.82) is 0 Å².